The van der Waals surface area contributed by atoms with Crippen molar-refractivity contribution < 1.29 is 39.1 Å². The van der Waals surface area contributed by atoms with Crippen molar-refractivity contribution in [3.63, 3.8) is 0 Å². The molecule has 0 aromatic heterocycles. The molecule has 0 radical (unpaired) electrons. The Morgan fingerprint density at radius 3 is 2.38 bits per heavy atom. The van der Waals surface area contributed by atoms with E-state index in [9.17, 15) is 9.50 Å². The van der Waals surface area contributed by atoms with Gasteiger partial charge in [-0.1, -0.05) is 45.6 Å². The molecule has 0 heterocycles. The number of halogens is 1. The molecular weight excluding hydrogens is 214 g/mol. The van der Waals surface area contributed by atoms with Gasteiger partial charge in [-0.05, 0) is 29.4 Å². The molecule has 1 aromatic rings. The summed E-state index contributed by atoms with van der Waals surface area (Å²) in [5.41, 5.74) is 0.323. The molecule has 0 aliphatic carbocycles. The Bertz CT molecular complexity index is 348. The zero-order valence-electron chi connectivity index (χ0n) is 10.8. The molecule has 0 saturated heterocycles. The summed E-state index contributed by atoms with van der Waals surface area (Å²) >= 11 is 0. The van der Waals surface area contributed by atoms with E-state index in [1.807, 2.05) is 13.8 Å². The SMILES string of the molecule is CC(C)CC(C)(C)c1cccc(F)c1[O-].[Na+]. The first-order valence-corrected chi connectivity index (χ1v) is 5.30. The Kier molecular flexibility index (Phi) is 6.02. The first-order valence-electron chi connectivity index (χ1n) is 5.30. The summed E-state index contributed by atoms with van der Waals surface area (Å²) in [6.07, 6.45) is 0.881. The predicted molar refractivity (Wildman–Crippen MR) is 58.3 cm³/mol. The molecule has 3 heteroatoms. The van der Waals surface area contributed by atoms with Gasteiger partial charge < -0.3 is 5.11 Å². The third kappa shape index (κ3) is 3.76. The maximum Gasteiger partial charge on any atom is 1.00 e. The van der Waals surface area contributed by atoms with Crippen LogP contribution in [-0.2, 0) is 5.41 Å². The van der Waals surface area contributed by atoms with Crippen LogP contribution in [0, 0.1) is 11.7 Å². The van der Waals surface area contributed by atoms with Crippen molar-refractivity contribution >= 4 is 0 Å². The van der Waals surface area contributed by atoms with Gasteiger partial charge in [0.05, 0.1) is 0 Å². The zero-order chi connectivity index (χ0) is 11.6. The minimum absolute atomic E-state index is 0. The van der Waals surface area contributed by atoms with Gasteiger partial charge in [-0.15, -0.1) is 0 Å². The molecule has 0 unspecified atom stereocenters. The van der Waals surface area contributed by atoms with Crippen molar-refractivity contribution in [2.75, 3.05) is 0 Å². The van der Waals surface area contributed by atoms with E-state index >= 15 is 0 Å². The van der Waals surface area contributed by atoms with Crippen LogP contribution in [0.4, 0.5) is 4.39 Å². The molecule has 1 nitrogen and oxygen atoms in total. The average molecular weight is 232 g/mol. The summed E-state index contributed by atoms with van der Waals surface area (Å²) in [6.45, 7) is 8.18. The third-order valence-electron chi connectivity index (χ3n) is 2.61. The molecule has 84 valence electrons. The molecule has 0 fully saturated rings. The number of para-hydroxylation sites is 1. The Hall–Kier alpha value is -0.0500. The Morgan fingerprint density at radius 2 is 1.88 bits per heavy atom. The van der Waals surface area contributed by atoms with Crippen LogP contribution in [0.1, 0.15) is 39.7 Å². The van der Waals surface area contributed by atoms with Gasteiger partial charge in [-0.2, -0.15) is 0 Å². The first kappa shape index (κ1) is 16.0. The van der Waals surface area contributed by atoms with Crippen LogP contribution in [0.15, 0.2) is 18.2 Å². The fraction of sp³-hybridized carbons (Fsp3) is 0.538. The molecule has 0 atom stereocenters. The van der Waals surface area contributed by atoms with Crippen LogP contribution in [-0.4, -0.2) is 0 Å². The van der Waals surface area contributed by atoms with Gasteiger partial charge >= 0.3 is 29.6 Å². The summed E-state index contributed by atoms with van der Waals surface area (Å²) in [7, 11) is 0. The largest absolute Gasteiger partial charge is 1.00 e. The third-order valence-corrected chi connectivity index (χ3v) is 2.61. The molecular formula is C13H18FNaO. The molecule has 0 saturated carbocycles. The van der Waals surface area contributed by atoms with Crippen molar-refractivity contribution in [2.24, 2.45) is 5.92 Å². The van der Waals surface area contributed by atoms with Crippen LogP contribution in [0.2, 0.25) is 0 Å². The Morgan fingerprint density at radius 1 is 1.31 bits per heavy atom. The van der Waals surface area contributed by atoms with Gasteiger partial charge in [0, 0.05) is 0 Å². The zero-order valence-corrected chi connectivity index (χ0v) is 12.8. The van der Waals surface area contributed by atoms with Crippen LogP contribution in [0.3, 0.4) is 0 Å². The molecule has 0 bridgehead atoms. The van der Waals surface area contributed by atoms with Crippen molar-refractivity contribution in [3.8, 4) is 5.75 Å². The molecule has 1 aromatic carbocycles. The van der Waals surface area contributed by atoms with E-state index in [0.717, 1.165) is 6.42 Å². The standard InChI is InChI=1S/C13H19FO.Na/c1-9(2)8-13(3,4)10-6-5-7-11(14)12(10)15;/h5-7,9,15H,8H2,1-4H3;/q;+1/p-1. The van der Waals surface area contributed by atoms with E-state index < -0.39 is 11.6 Å². The van der Waals surface area contributed by atoms with Crippen molar-refractivity contribution in [1.29, 1.82) is 0 Å². The molecule has 0 aliphatic heterocycles. The number of rotatable bonds is 3. The monoisotopic (exact) mass is 232 g/mol. The van der Waals surface area contributed by atoms with Gasteiger partial charge in [-0.25, -0.2) is 4.39 Å². The van der Waals surface area contributed by atoms with E-state index in [-0.39, 0.29) is 35.0 Å². The second kappa shape index (κ2) is 6.04. The van der Waals surface area contributed by atoms with E-state index in [4.69, 9.17) is 0 Å². The summed E-state index contributed by atoms with van der Waals surface area (Å²) < 4.78 is 13.1. The van der Waals surface area contributed by atoms with E-state index in [1.165, 1.54) is 6.07 Å². The number of hydrogen-bond acceptors (Lipinski definition) is 1. The van der Waals surface area contributed by atoms with Crippen molar-refractivity contribution in [3.05, 3.63) is 29.6 Å². The van der Waals surface area contributed by atoms with Crippen LogP contribution < -0.4 is 34.7 Å². The molecule has 16 heavy (non-hydrogen) atoms. The molecule has 1 rings (SSSR count). The van der Waals surface area contributed by atoms with Gasteiger partial charge in [0.15, 0.2) is 0 Å². The normalized spacial score (nSPS) is 11.4. The fourth-order valence-electron chi connectivity index (χ4n) is 2.17. The quantitative estimate of drug-likeness (QED) is 0.684. The minimum atomic E-state index is -0.649. The van der Waals surface area contributed by atoms with E-state index in [1.54, 1.807) is 12.1 Å². The number of hydrogen-bond donors (Lipinski definition) is 0. The smallest absolute Gasteiger partial charge is 0.870 e. The maximum atomic E-state index is 13.1. The summed E-state index contributed by atoms with van der Waals surface area (Å²) in [5.74, 6) is -0.616. The van der Waals surface area contributed by atoms with E-state index in [2.05, 4.69) is 13.8 Å². The van der Waals surface area contributed by atoms with Gasteiger partial charge in [0.1, 0.15) is 5.82 Å². The second-order valence-electron chi connectivity index (χ2n) is 5.10. The van der Waals surface area contributed by atoms with E-state index in [0.29, 0.717) is 11.5 Å². The van der Waals surface area contributed by atoms with Gasteiger partial charge in [-0.3, -0.25) is 0 Å². The second-order valence-corrected chi connectivity index (χ2v) is 5.10. The summed E-state index contributed by atoms with van der Waals surface area (Å²) in [6, 6.07) is 4.55. The Balaban J connectivity index is 0.00000225. The maximum absolute atomic E-state index is 13.1. The number of benzene rings is 1. The van der Waals surface area contributed by atoms with Gasteiger partial charge in [0.25, 0.3) is 0 Å². The minimum Gasteiger partial charge on any atom is -0.870 e. The molecule has 0 N–H and O–H groups in total. The molecule has 0 aliphatic rings. The summed E-state index contributed by atoms with van der Waals surface area (Å²) in [4.78, 5) is 0. The van der Waals surface area contributed by atoms with Crippen molar-refractivity contribution in [1.82, 2.24) is 0 Å². The van der Waals surface area contributed by atoms with Crippen LogP contribution in [0.25, 0.3) is 0 Å². The first-order chi connectivity index (χ1) is 6.84. The predicted octanol–water partition coefficient (Wildman–Crippen LogP) is 0.227. The topological polar surface area (TPSA) is 23.1 Å². The Labute approximate surface area is 119 Å². The van der Waals surface area contributed by atoms with Crippen molar-refractivity contribution in [2.45, 2.75) is 39.5 Å². The molecule has 0 amide bonds. The summed E-state index contributed by atoms with van der Waals surface area (Å²) in [5, 5.41) is 11.6. The van der Waals surface area contributed by atoms with Crippen LogP contribution >= 0.6 is 0 Å². The van der Waals surface area contributed by atoms with Crippen LogP contribution in [0.5, 0.6) is 5.75 Å². The average Bonchev–Trinajstić information content (AvgIpc) is 2.07. The fourth-order valence-corrected chi connectivity index (χ4v) is 2.17. The molecule has 0 spiro atoms. The van der Waals surface area contributed by atoms with Gasteiger partial charge in [0.2, 0.25) is 0 Å².